The van der Waals surface area contributed by atoms with E-state index in [2.05, 4.69) is 38.7 Å². The first kappa shape index (κ1) is 25.3. The van der Waals surface area contributed by atoms with E-state index in [0.29, 0.717) is 36.0 Å². The zero-order chi connectivity index (χ0) is 23.3. The van der Waals surface area contributed by atoms with Gasteiger partial charge in [-0.25, -0.2) is 9.82 Å². The van der Waals surface area contributed by atoms with Gasteiger partial charge in [-0.2, -0.15) is 5.10 Å². The Hall–Kier alpha value is -2.94. The van der Waals surface area contributed by atoms with Crippen molar-refractivity contribution in [2.45, 2.75) is 39.5 Å². The normalized spacial score (nSPS) is 10.8. The van der Waals surface area contributed by atoms with Crippen LogP contribution in [0, 0.1) is 5.82 Å². The molecule has 2 rings (SSSR count). The molecule has 0 heterocycles. The van der Waals surface area contributed by atoms with Crippen molar-refractivity contribution in [1.29, 1.82) is 0 Å². The smallest absolute Gasteiger partial charge is 0.240 e. The van der Waals surface area contributed by atoms with Gasteiger partial charge >= 0.3 is 0 Å². The molecule has 0 aliphatic heterocycles. The van der Waals surface area contributed by atoms with Crippen LogP contribution in [-0.4, -0.2) is 31.2 Å². The molecule has 32 heavy (non-hydrogen) atoms. The van der Waals surface area contributed by atoms with Gasteiger partial charge in [0, 0.05) is 18.5 Å². The van der Waals surface area contributed by atoms with Crippen LogP contribution in [0.5, 0.6) is 11.5 Å². The molecule has 0 aliphatic carbocycles. The zero-order valence-corrected chi connectivity index (χ0v) is 19.7. The van der Waals surface area contributed by atoms with Gasteiger partial charge in [0.15, 0.2) is 11.5 Å². The van der Waals surface area contributed by atoms with Gasteiger partial charge in [-0.1, -0.05) is 13.3 Å². The third-order valence-electron chi connectivity index (χ3n) is 4.19. The summed E-state index contributed by atoms with van der Waals surface area (Å²) in [5.41, 5.74) is 3.57. The van der Waals surface area contributed by atoms with Gasteiger partial charge in [0.1, 0.15) is 5.82 Å². The molecular weight excluding hydrogens is 481 g/mol. The first-order chi connectivity index (χ1) is 15.4. The highest BCUT2D eigenvalue weighted by molar-refractivity contribution is 9.10. The van der Waals surface area contributed by atoms with Crippen LogP contribution < -0.4 is 20.2 Å². The molecule has 2 N–H and O–H groups in total. The van der Waals surface area contributed by atoms with E-state index in [1.54, 1.807) is 6.07 Å². The van der Waals surface area contributed by atoms with E-state index >= 15 is 0 Å². The number of halogens is 2. The van der Waals surface area contributed by atoms with Crippen LogP contribution in [0.2, 0.25) is 0 Å². The predicted octanol–water partition coefficient (Wildman–Crippen LogP) is 5.03. The number of nitrogens with one attached hydrogen (secondary N) is 2. The van der Waals surface area contributed by atoms with Crippen molar-refractivity contribution in [3.8, 4) is 11.5 Å². The highest BCUT2D eigenvalue weighted by Gasteiger charge is 2.12. The second-order valence-electron chi connectivity index (χ2n) is 6.81. The third kappa shape index (κ3) is 8.66. The van der Waals surface area contributed by atoms with Crippen molar-refractivity contribution in [2.24, 2.45) is 5.10 Å². The van der Waals surface area contributed by atoms with Crippen molar-refractivity contribution in [2.75, 3.05) is 18.5 Å². The highest BCUT2D eigenvalue weighted by atomic mass is 79.9. The fourth-order valence-electron chi connectivity index (χ4n) is 2.60. The van der Waals surface area contributed by atoms with Crippen LogP contribution in [0.25, 0.3) is 0 Å². The first-order valence-corrected chi connectivity index (χ1v) is 11.2. The van der Waals surface area contributed by atoms with Crippen molar-refractivity contribution < 1.29 is 23.5 Å². The second kappa shape index (κ2) is 13.5. The Bertz CT molecular complexity index is 936. The lowest BCUT2D eigenvalue weighted by Crippen LogP contribution is -2.20. The van der Waals surface area contributed by atoms with Gasteiger partial charge in [-0.3, -0.25) is 9.59 Å². The molecule has 2 aromatic rings. The van der Waals surface area contributed by atoms with Crippen molar-refractivity contribution in [3.63, 3.8) is 0 Å². The maximum atomic E-state index is 12.9. The van der Waals surface area contributed by atoms with E-state index in [0.717, 1.165) is 17.3 Å². The van der Waals surface area contributed by atoms with Crippen LogP contribution in [0.3, 0.4) is 0 Å². The van der Waals surface area contributed by atoms with Crippen molar-refractivity contribution in [3.05, 3.63) is 52.3 Å². The predicted molar refractivity (Wildman–Crippen MR) is 126 cm³/mol. The maximum absolute atomic E-state index is 12.9. The zero-order valence-electron chi connectivity index (χ0n) is 18.1. The lowest BCUT2D eigenvalue weighted by molar-refractivity contribution is -0.124. The van der Waals surface area contributed by atoms with E-state index in [9.17, 15) is 14.0 Å². The van der Waals surface area contributed by atoms with Crippen LogP contribution in [0.1, 0.15) is 45.1 Å². The number of nitrogens with zero attached hydrogens (tertiary/aromatic N) is 1. The van der Waals surface area contributed by atoms with Gasteiger partial charge in [0.2, 0.25) is 11.8 Å². The molecule has 172 valence electrons. The Labute approximate surface area is 195 Å². The first-order valence-electron chi connectivity index (χ1n) is 10.4. The maximum Gasteiger partial charge on any atom is 0.240 e. The van der Waals surface area contributed by atoms with Gasteiger partial charge in [-0.15, -0.1) is 0 Å². The molecule has 0 unspecified atom stereocenters. The Balaban J connectivity index is 1.87. The number of carbonyl (C=O) groups is 2. The summed E-state index contributed by atoms with van der Waals surface area (Å²) >= 11 is 3.49. The van der Waals surface area contributed by atoms with Crippen LogP contribution in [0.4, 0.5) is 10.1 Å². The molecule has 0 saturated carbocycles. The summed E-state index contributed by atoms with van der Waals surface area (Å²) in [4.78, 5) is 23.9. The van der Waals surface area contributed by atoms with Crippen LogP contribution in [0.15, 0.2) is 46.0 Å². The standard InChI is InChI=1S/C23H27BrFN3O4/c1-3-5-12-32-23-19(24)13-16(14-20(23)31-4-2)15-26-28-22(30)11-10-21(29)27-18-8-6-17(25)7-9-18/h6-9,13-15H,3-5,10-12H2,1-2H3,(H,27,29)(H,28,30). The molecule has 0 atom stereocenters. The van der Waals surface area contributed by atoms with Gasteiger partial charge in [0.25, 0.3) is 0 Å². The largest absolute Gasteiger partial charge is 0.490 e. The van der Waals surface area contributed by atoms with E-state index in [1.165, 1.54) is 30.5 Å². The second-order valence-corrected chi connectivity index (χ2v) is 7.67. The minimum absolute atomic E-state index is 0.0252. The third-order valence-corrected chi connectivity index (χ3v) is 4.78. The van der Waals surface area contributed by atoms with Gasteiger partial charge in [0.05, 0.1) is 23.9 Å². The highest BCUT2D eigenvalue weighted by Crippen LogP contribution is 2.36. The summed E-state index contributed by atoms with van der Waals surface area (Å²) in [7, 11) is 0. The fraction of sp³-hybridized carbons (Fsp3) is 0.348. The number of hydrogen-bond acceptors (Lipinski definition) is 5. The van der Waals surface area contributed by atoms with Crippen molar-refractivity contribution >= 4 is 39.6 Å². The molecule has 0 aliphatic rings. The average Bonchev–Trinajstić information content (AvgIpc) is 2.76. The number of hydrazone groups is 1. The van der Waals surface area contributed by atoms with Crippen LogP contribution >= 0.6 is 15.9 Å². The molecule has 0 aromatic heterocycles. The Morgan fingerprint density at radius 1 is 1.09 bits per heavy atom. The minimum Gasteiger partial charge on any atom is -0.490 e. The quantitative estimate of drug-likeness (QED) is 0.239. The Morgan fingerprint density at radius 3 is 2.50 bits per heavy atom. The average molecular weight is 508 g/mol. The van der Waals surface area contributed by atoms with E-state index in [1.807, 2.05) is 13.0 Å². The van der Waals surface area contributed by atoms with E-state index < -0.39 is 5.91 Å². The summed E-state index contributed by atoms with van der Waals surface area (Å²) in [6, 6.07) is 8.99. The number of hydrogen-bond donors (Lipinski definition) is 2. The molecule has 2 aromatic carbocycles. The molecule has 0 radical (unpaired) electrons. The molecular formula is C23H27BrFN3O4. The number of unbranched alkanes of at least 4 members (excludes halogenated alkanes) is 1. The molecule has 7 nitrogen and oxygen atoms in total. The summed E-state index contributed by atoms with van der Waals surface area (Å²) in [6.07, 6.45) is 3.39. The van der Waals surface area contributed by atoms with E-state index in [-0.39, 0.29) is 24.6 Å². The van der Waals surface area contributed by atoms with Gasteiger partial charge < -0.3 is 14.8 Å². The molecule has 0 bridgehead atoms. The SMILES string of the molecule is CCCCOc1c(Br)cc(C=NNC(=O)CCC(=O)Nc2ccc(F)cc2)cc1OCC. The topological polar surface area (TPSA) is 89.0 Å². The fourth-order valence-corrected chi connectivity index (χ4v) is 3.18. The summed E-state index contributed by atoms with van der Waals surface area (Å²) < 4.78 is 25.1. The van der Waals surface area contributed by atoms with Gasteiger partial charge in [-0.05, 0) is 71.2 Å². The van der Waals surface area contributed by atoms with Crippen LogP contribution in [-0.2, 0) is 9.59 Å². The summed E-state index contributed by atoms with van der Waals surface area (Å²) in [5.74, 6) is 0.0787. The lowest BCUT2D eigenvalue weighted by Gasteiger charge is -2.14. The molecule has 0 fully saturated rings. The number of benzene rings is 2. The number of anilines is 1. The number of amides is 2. The summed E-state index contributed by atoms with van der Waals surface area (Å²) in [5, 5.41) is 6.54. The summed E-state index contributed by atoms with van der Waals surface area (Å²) in [6.45, 7) is 5.05. The number of rotatable bonds is 12. The van der Waals surface area contributed by atoms with Crippen molar-refractivity contribution in [1.82, 2.24) is 5.43 Å². The number of carbonyl (C=O) groups excluding carboxylic acids is 2. The molecule has 0 spiro atoms. The Kier molecular flexibility index (Phi) is 10.7. The molecule has 2 amide bonds. The van der Waals surface area contributed by atoms with E-state index in [4.69, 9.17) is 9.47 Å². The Morgan fingerprint density at radius 2 is 1.81 bits per heavy atom. The minimum atomic E-state index is -0.404. The molecule has 0 saturated heterocycles. The monoisotopic (exact) mass is 507 g/mol. The number of ether oxygens (including phenoxy) is 2. The lowest BCUT2D eigenvalue weighted by atomic mass is 10.2. The molecule has 9 heteroatoms.